The van der Waals surface area contributed by atoms with E-state index in [4.69, 9.17) is 21.4 Å². The summed E-state index contributed by atoms with van der Waals surface area (Å²) >= 11 is 6.04. The minimum absolute atomic E-state index is 0.167. The van der Waals surface area contributed by atoms with Crippen LogP contribution in [0.3, 0.4) is 0 Å². The van der Waals surface area contributed by atoms with Crippen LogP contribution in [0.2, 0.25) is 5.02 Å². The summed E-state index contributed by atoms with van der Waals surface area (Å²) in [6.45, 7) is 3.61. The Morgan fingerprint density at radius 2 is 1.90 bits per heavy atom. The molecule has 0 unspecified atom stereocenters. The molecule has 0 spiro atoms. The first-order chi connectivity index (χ1) is 9.38. The maximum absolute atomic E-state index is 13.0. The largest absolute Gasteiger partial charge is 0.477 e. The number of pyridine rings is 1. The number of benzene rings is 1. The van der Waals surface area contributed by atoms with E-state index in [2.05, 4.69) is 4.98 Å². The van der Waals surface area contributed by atoms with Gasteiger partial charge in [0.1, 0.15) is 17.1 Å². The van der Waals surface area contributed by atoms with Gasteiger partial charge in [-0.15, -0.1) is 0 Å². The van der Waals surface area contributed by atoms with Crippen LogP contribution in [0.4, 0.5) is 4.39 Å². The molecular weight excluding hydrogens is 285 g/mol. The average molecular weight is 296 g/mol. The molecule has 0 fully saturated rings. The monoisotopic (exact) mass is 295 g/mol. The van der Waals surface area contributed by atoms with Crippen molar-refractivity contribution in [2.45, 2.75) is 13.8 Å². The van der Waals surface area contributed by atoms with E-state index in [1.54, 1.807) is 26.0 Å². The topological polar surface area (TPSA) is 59.4 Å². The smallest absolute Gasteiger partial charge is 0.341 e. The van der Waals surface area contributed by atoms with Crippen LogP contribution >= 0.6 is 11.6 Å². The number of aromatic nitrogens is 1. The molecule has 2 rings (SSSR count). The molecule has 2 aromatic rings. The highest BCUT2D eigenvalue weighted by atomic mass is 35.5. The van der Waals surface area contributed by atoms with Gasteiger partial charge in [0.05, 0.1) is 6.20 Å². The molecule has 0 aliphatic heterocycles. The third-order valence-electron chi connectivity index (χ3n) is 2.67. The van der Waals surface area contributed by atoms with Gasteiger partial charge in [0, 0.05) is 5.02 Å². The normalized spacial score (nSPS) is 10.4. The number of ether oxygens (including phenoxy) is 1. The lowest BCUT2D eigenvalue weighted by Crippen LogP contribution is -2.03. The summed E-state index contributed by atoms with van der Waals surface area (Å²) in [5.41, 5.74) is 1.25. The second-order valence-corrected chi connectivity index (χ2v) is 4.66. The van der Waals surface area contributed by atoms with E-state index in [1.165, 1.54) is 0 Å². The quantitative estimate of drug-likeness (QED) is 0.930. The van der Waals surface area contributed by atoms with Crippen LogP contribution < -0.4 is 4.74 Å². The highest BCUT2D eigenvalue weighted by molar-refractivity contribution is 6.32. The Morgan fingerprint density at radius 1 is 1.30 bits per heavy atom. The van der Waals surface area contributed by atoms with Crippen molar-refractivity contribution in [1.82, 2.24) is 4.98 Å². The maximum atomic E-state index is 13.0. The SMILES string of the molecule is Cc1cc(Oc2ncc(F)cc2C(=O)O)cc(C)c1Cl. The second-order valence-electron chi connectivity index (χ2n) is 4.28. The Hall–Kier alpha value is -2.14. The zero-order valence-electron chi connectivity index (χ0n) is 10.8. The highest BCUT2D eigenvalue weighted by Gasteiger charge is 2.15. The summed E-state index contributed by atoms with van der Waals surface area (Å²) in [5, 5.41) is 9.63. The van der Waals surface area contributed by atoms with Crippen LogP contribution in [0.1, 0.15) is 21.5 Å². The van der Waals surface area contributed by atoms with E-state index in [0.29, 0.717) is 10.8 Å². The Morgan fingerprint density at radius 3 is 2.45 bits per heavy atom. The van der Waals surface area contributed by atoms with E-state index < -0.39 is 11.8 Å². The number of hydrogen-bond donors (Lipinski definition) is 1. The third kappa shape index (κ3) is 2.88. The van der Waals surface area contributed by atoms with Crippen molar-refractivity contribution in [3.05, 3.63) is 51.9 Å². The molecule has 0 aliphatic rings. The van der Waals surface area contributed by atoms with Crippen molar-refractivity contribution >= 4 is 17.6 Å². The maximum Gasteiger partial charge on any atom is 0.341 e. The number of hydrogen-bond acceptors (Lipinski definition) is 3. The number of nitrogens with zero attached hydrogens (tertiary/aromatic N) is 1. The lowest BCUT2D eigenvalue weighted by atomic mass is 10.1. The first kappa shape index (κ1) is 14.3. The number of halogens is 2. The first-order valence-corrected chi connectivity index (χ1v) is 6.09. The molecule has 104 valence electrons. The summed E-state index contributed by atoms with van der Waals surface area (Å²) in [4.78, 5) is 14.7. The lowest BCUT2D eigenvalue weighted by molar-refractivity contribution is 0.0692. The van der Waals surface area contributed by atoms with Gasteiger partial charge in [0.2, 0.25) is 5.88 Å². The summed E-state index contributed by atoms with van der Waals surface area (Å²) < 4.78 is 18.5. The van der Waals surface area contributed by atoms with E-state index >= 15 is 0 Å². The van der Waals surface area contributed by atoms with Gasteiger partial charge in [-0.2, -0.15) is 0 Å². The summed E-state index contributed by atoms with van der Waals surface area (Å²) in [6.07, 6.45) is 0.900. The van der Waals surface area contributed by atoms with Crippen LogP contribution in [-0.2, 0) is 0 Å². The Labute approximate surface area is 119 Å². The Balaban J connectivity index is 2.42. The van der Waals surface area contributed by atoms with Crippen molar-refractivity contribution in [1.29, 1.82) is 0 Å². The molecule has 0 saturated carbocycles. The fourth-order valence-corrected chi connectivity index (χ4v) is 1.85. The fraction of sp³-hybridized carbons (Fsp3) is 0.143. The molecule has 0 amide bonds. The van der Waals surface area contributed by atoms with E-state index in [9.17, 15) is 9.18 Å². The van der Waals surface area contributed by atoms with Crippen molar-refractivity contribution < 1.29 is 19.0 Å². The number of rotatable bonds is 3. The van der Waals surface area contributed by atoms with Crippen molar-refractivity contribution in [3.8, 4) is 11.6 Å². The summed E-state index contributed by atoms with van der Waals surface area (Å²) in [7, 11) is 0. The predicted octanol–water partition coefficient (Wildman–Crippen LogP) is 3.98. The van der Waals surface area contributed by atoms with Crippen LogP contribution in [0, 0.1) is 19.7 Å². The van der Waals surface area contributed by atoms with E-state index in [-0.39, 0.29) is 11.4 Å². The zero-order valence-corrected chi connectivity index (χ0v) is 11.5. The summed E-state index contributed by atoms with van der Waals surface area (Å²) in [6, 6.07) is 4.18. The molecule has 0 bridgehead atoms. The molecule has 0 saturated heterocycles. The van der Waals surface area contributed by atoms with Gasteiger partial charge in [-0.3, -0.25) is 0 Å². The molecule has 6 heteroatoms. The van der Waals surface area contributed by atoms with Gasteiger partial charge in [0.15, 0.2) is 0 Å². The van der Waals surface area contributed by atoms with Gasteiger partial charge in [0.25, 0.3) is 0 Å². The minimum atomic E-state index is -1.31. The van der Waals surface area contributed by atoms with E-state index in [1.807, 2.05) is 0 Å². The van der Waals surface area contributed by atoms with Gasteiger partial charge in [-0.1, -0.05) is 11.6 Å². The van der Waals surface area contributed by atoms with Crippen molar-refractivity contribution in [2.24, 2.45) is 0 Å². The number of aromatic carboxylic acids is 1. The van der Waals surface area contributed by atoms with Gasteiger partial charge in [-0.05, 0) is 43.2 Å². The molecule has 1 aromatic heterocycles. The van der Waals surface area contributed by atoms with Crippen LogP contribution in [-0.4, -0.2) is 16.1 Å². The van der Waals surface area contributed by atoms with Gasteiger partial charge in [-0.25, -0.2) is 14.2 Å². The van der Waals surface area contributed by atoms with Crippen molar-refractivity contribution in [2.75, 3.05) is 0 Å². The highest BCUT2D eigenvalue weighted by Crippen LogP contribution is 2.29. The molecule has 0 atom stereocenters. The molecule has 20 heavy (non-hydrogen) atoms. The molecule has 0 aliphatic carbocycles. The van der Waals surface area contributed by atoms with Crippen molar-refractivity contribution in [3.63, 3.8) is 0 Å². The molecule has 1 N–H and O–H groups in total. The predicted molar refractivity (Wildman–Crippen MR) is 72.2 cm³/mol. The average Bonchev–Trinajstić information content (AvgIpc) is 2.37. The number of aryl methyl sites for hydroxylation is 2. The van der Waals surface area contributed by atoms with Crippen LogP contribution in [0.25, 0.3) is 0 Å². The molecular formula is C14H11ClFNO3. The Kier molecular flexibility index (Phi) is 3.90. The number of carbonyl (C=O) groups is 1. The van der Waals surface area contributed by atoms with Gasteiger partial charge >= 0.3 is 5.97 Å². The van der Waals surface area contributed by atoms with Crippen LogP contribution in [0.5, 0.6) is 11.6 Å². The zero-order chi connectivity index (χ0) is 14.9. The molecule has 1 aromatic carbocycles. The third-order valence-corrected chi connectivity index (χ3v) is 3.27. The number of carboxylic acids is 1. The molecule has 1 heterocycles. The van der Waals surface area contributed by atoms with Crippen LogP contribution in [0.15, 0.2) is 24.4 Å². The van der Waals surface area contributed by atoms with E-state index in [0.717, 1.165) is 23.4 Å². The summed E-state index contributed by atoms with van der Waals surface area (Å²) in [5.74, 6) is -1.82. The molecule has 0 radical (unpaired) electrons. The first-order valence-electron chi connectivity index (χ1n) is 5.72. The second kappa shape index (κ2) is 5.46. The standard InChI is InChI=1S/C14H11ClFNO3/c1-7-3-10(4-8(2)12(7)15)20-13-11(14(18)19)5-9(16)6-17-13/h3-6H,1-2H3,(H,18,19). The lowest BCUT2D eigenvalue weighted by Gasteiger charge is -2.10. The molecule has 4 nitrogen and oxygen atoms in total. The minimum Gasteiger partial charge on any atom is -0.477 e. The van der Waals surface area contributed by atoms with Gasteiger partial charge < -0.3 is 9.84 Å². The fourth-order valence-electron chi connectivity index (χ4n) is 1.74. The number of carboxylic acid groups (broad SMARTS) is 1. The Bertz CT molecular complexity index is 665.